The zero-order valence-electron chi connectivity index (χ0n) is 22.9. The van der Waals surface area contributed by atoms with Gasteiger partial charge in [0.1, 0.15) is 6.10 Å². The Morgan fingerprint density at radius 1 is 1.10 bits per heavy atom. The van der Waals surface area contributed by atoms with Crippen LogP contribution in [-0.4, -0.2) is 68.1 Å². The lowest BCUT2D eigenvalue weighted by Crippen LogP contribution is -2.49. The normalized spacial score (nSPS) is 18.3. The Balaban J connectivity index is 1.70. The van der Waals surface area contributed by atoms with Crippen molar-refractivity contribution in [3.8, 4) is 5.75 Å². The molecule has 3 aromatic carbocycles. The Kier molecular flexibility index (Phi) is 10.1. The van der Waals surface area contributed by atoms with E-state index in [0.29, 0.717) is 34.7 Å². The van der Waals surface area contributed by atoms with Crippen LogP contribution in [0.15, 0.2) is 65.6 Å². The van der Waals surface area contributed by atoms with E-state index in [4.69, 9.17) is 39.5 Å². The number of aliphatic hydroxyl groups is 1. The summed E-state index contributed by atoms with van der Waals surface area (Å²) in [4.78, 5) is 17.4. The maximum atomic E-state index is 13.7. The van der Waals surface area contributed by atoms with Crippen LogP contribution in [0.4, 0.5) is 5.69 Å². The van der Waals surface area contributed by atoms with E-state index in [1.54, 1.807) is 36.1 Å². The third-order valence-electron chi connectivity index (χ3n) is 6.99. The van der Waals surface area contributed by atoms with Gasteiger partial charge in [-0.2, -0.15) is 0 Å². The number of sulfonamides is 1. The first-order valence-corrected chi connectivity index (χ1v) is 15.6. The summed E-state index contributed by atoms with van der Waals surface area (Å²) in [5.74, 6) is -0.397. The number of hydrogen-bond acceptors (Lipinski definition) is 6. The van der Waals surface area contributed by atoms with Gasteiger partial charge < -0.3 is 14.7 Å². The van der Waals surface area contributed by atoms with Crippen LogP contribution in [0.1, 0.15) is 29.8 Å². The number of rotatable bonds is 9. The van der Waals surface area contributed by atoms with Crippen molar-refractivity contribution in [3.05, 3.63) is 86.9 Å². The van der Waals surface area contributed by atoms with Crippen LogP contribution >= 0.6 is 34.8 Å². The molecule has 2 N–H and O–H groups in total. The minimum absolute atomic E-state index is 0.0125. The number of ether oxygens (including phenoxy) is 1. The molecule has 0 aromatic heterocycles. The molecule has 1 amide bonds. The minimum Gasteiger partial charge on any atom is -0.486 e. The highest BCUT2D eigenvalue weighted by Gasteiger charge is 2.35. The van der Waals surface area contributed by atoms with Crippen LogP contribution in [0.25, 0.3) is 0 Å². The Morgan fingerprint density at radius 3 is 2.46 bits per heavy atom. The molecule has 3 aromatic rings. The van der Waals surface area contributed by atoms with E-state index in [1.807, 2.05) is 26.1 Å². The van der Waals surface area contributed by atoms with Gasteiger partial charge in [-0.1, -0.05) is 53.9 Å². The molecule has 1 aliphatic rings. The number of carbonyl (C=O) groups is 1. The van der Waals surface area contributed by atoms with Crippen LogP contribution in [-0.2, 0) is 16.6 Å². The summed E-state index contributed by atoms with van der Waals surface area (Å²) in [5, 5.41) is 11.3. The first kappa shape index (κ1) is 31.4. The van der Waals surface area contributed by atoms with Gasteiger partial charge in [0.2, 0.25) is 0 Å². The highest BCUT2D eigenvalue weighted by atomic mass is 35.5. The van der Waals surface area contributed by atoms with Gasteiger partial charge in [0.25, 0.3) is 15.9 Å². The van der Waals surface area contributed by atoms with Crippen molar-refractivity contribution < 1.29 is 23.1 Å². The summed E-state index contributed by atoms with van der Waals surface area (Å²) >= 11 is 18.2. The average molecular weight is 641 g/mol. The molecule has 4 rings (SSSR count). The molecule has 8 nitrogen and oxygen atoms in total. The number of nitrogens with one attached hydrogen (secondary N) is 1. The zero-order valence-corrected chi connectivity index (χ0v) is 25.9. The zero-order chi connectivity index (χ0) is 29.9. The highest BCUT2D eigenvalue weighted by molar-refractivity contribution is 7.92. The number of amides is 1. The Morgan fingerprint density at radius 2 is 1.80 bits per heavy atom. The molecular formula is C29H32Cl3N3O5S. The number of carbonyl (C=O) groups excluding carboxylic acids is 1. The second-order valence-electron chi connectivity index (χ2n) is 10.3. The highest BCUT2D eigenvalue weighted by Crippen LogP contribution is 2.36. The first-order valence-electron chi connectivity index (χ1n) is 13.0. The van der Waals surface area contributed by atoms with E-state index in [9.17, 15) is 18.3 Å². The van der Waals surface area contributed by atoms with Gasteiger partial charge >= 0.3 is 0 Å². The monoisotopic (exact) mass is 639 g/mol. The van der Waals surface area contributed by atoms with Gasteiger partial charge in [-0.05, 0) is 68.1 Å². The average Bonchev–Trinajstić information content (AvgIpc) is 2.92. The lowest BCUT2D eigenvalue weighted by molar-refractivity contribution is 0.0344. The smallest absolute Gasteiger partial charge is 0.262 e. The number of hydrogen-bond donors (Lipinski definition) is 2. The number of anilines is 1. The summed E-state index contributed by atoms with van der Waals surface area (Å²) < 4.78 is 35.6. The van der Waals surface area contributed by atoms with Crippen LogP contribution in [0.3, 0.4) is 0 Å². The molecule has 0 spiro atoms. The fourth-order valence-corrected chi connectivity index (χ4v) is 6.19. The molecule has 1 heterocycles. The van der Waals surface area contributed by atoms with Crippen molar-refractivity contribution in [2.24, 2.45) is 5.92 Å². The molecule has 0 fully saturated rings. The number of benzene rings is 3. The third-order valence-corrected chi connectivity index (χ3v) is 9.36. The second kappa shape index (κ2) is 13.2. The second-order valence-corrected chi connectivity index (χ2v) is 13.2. The molecule has 0 saturated carbocycles. The van der Waals surface area contributed by atoms with Crippen molar-refractivity contribution in [3.63, 3.8) is 0 Å². The summed E-state index contributed by atoms with van der Waals surface area (Å²) in [6, 6.07) is 15.5. The van der Waals surface area contributed by atoms with E-state index in [1.165, 1.54) is 24.3 Å². The molecule has 1 aliphatic heterocycles. The van der Waals surface area contributed by atoms with Crippen LogP contribution in [0.2, 0.25) is 15.1 Å². The van der Waals surface area contributed by atoms with Crippen LogP contribution in [0.5, 0.6) is 5.75 Å². The summed E-state index contributed by atoms with van der Waals surface area (Å²) in [5.41, 5.74) is 1.29. The molecule has 12 heteroatoms. The van der Waals surface area contributed by atoms with E-state index in [-0.39, 0.29) is 40.3 Å². The standard InChI is InChI=1S/C29H32Cl3N3O5S/c1-18-14-35(19(2)17-36)29(37)23-5-4-6-26(33-41(38,39)22-10-8-21(30)9-11-22)28(23)40-27(18)16-34(3)15-20-7-12-24(31)25(32)13-20/h4-13,18-19,27,33,36H,14-17H2,1-3H3/t18-,19+,27+/m0/s1. The Hall–Kier alpha value is -2.53. The van der Waals surface area contributed by atoms with E-state index in [2.05, 4.69) is 9.62 Å². The summed E-state index contributed by atoms with van der Waals surface area (Å²) in [6.07, 6.45) is -0.441. The van der Waals surface area contributed by atoms with Crippen molar-refractivity contribution in [2.45, 2.75) is 37.4 Å². The number of aliphatic hydroxyl groups excluding tert-OH is 1. The Bertz CT molecular complexity index is 1500. The molecule has 41 heavy (non-hydrogen) atoms. The lowest BCUT2D eigenvalue weighted by Gasteiger charge is -2.38. The quantitative estimate of drug-likeness (QED) is 0.307. The Labute approximate surface area is 255 Å². The van der Waals surface area contributed by atoms with Crippen LogP contribution in [0, 0.1) is 5.92 Å². The number of halogens is 3. The SMILES string of the molecule is C[C@H](CO)N1C[C@H](C)[C@@H](CN(C)Cc2ccc(Cl)c(Cl)c2)Oc2c(NS(=O)(=O)c3ccc(Cl)cc3)cccc2C1=O. The molecule has 3 atom stereocenters. The van der Waals surface area contributed by atoms with Gasteiger partial charge in [0.15, 0.2) is 5.75 Å². The van der Waals surface area contributed by atoms with Gasteiger partial charge in [-0.15, -0.1) is 0 Å². The molecule has 0 aliphatic carbocycles. The summed E-state index contributed by atoms with van der Waals surface area (Å²) in [6.45, 7) is 4.86. The third kappa shape index (κ3) is 7.46. The molecular weight excluding hydrogens is 609 g/mol. The fourth-order valence-electron chi connectivity index (χ4n) is 4.68. The number of fused-ring (bicyclic) bond motifs is 1. The van der Waals surface area contributed by atoms with Gasteiger partial charge in [-0.25, -0.2) is 8.42 Å². The maximum Gasteiger partial charge on any atom is 0.262 e. The minimum atomic E-state index is -4.03. The van der Waals surface area contributed by atoms with Gasteiger partial charge in [-0.3, -0.25) is 14.4 Å². The van der Waals surface area contributed by atoms with Gasteiger partial charge in [0, 0.05) is 30.6 Å². The largest absolute Gasteiger partial charge is 0.486 e. The summed E-state index contributed by atoms with van der Waals surface area (Å²) in [7, 11) is -2.09. The fraction of sp³-hybridized carbons (Fsp3) is 0.345. The van der Waals surface area contributed by atoms with E-state index < -0.39 is 22.2 Å². The first-order chi connectivity index (χ1) is 19.4. The topological polar surface area (TPSA) is 99.2 Å². The number of likely N-dealkylation sites (N-methyl/N-ethyl adjacent to an activating group) is 1. The predicted molar refractivity (Wildman–Crippen MR) is 163 cm³/mol. The van der Waals surface area contributed by atoms with E-state index >= 15 is 0 Å². The van der Waals surface area contributed by atoms with Crippen molar-refractivity contribution in [1.82, 2.24) is 9.80 Å². The van der Waals surface area contributed by atoms with Crippen molar-refractivity contribution in [1.29, 1.82) is 0 Å². The van der Waals surface area contributed by atoms with Crippen molar-refractivity contribution in [2.75, 3.05) is 31.5 Å². The molecule has 0 bridgehead atoms. The van der Waals surface area contributed by atoms with Crippen LogP contribution < -0.4 is 9.46 Å². The van der Waals surface area contributed by atoms with Gasteiger partial charge in [0.05, 0.1) is 38.8 Å². The number of para-hydroxylation sites is 1. The molecule has 220 valence electrons. The molecule has 0 radical (unpaired) electrons. The van der Waals surface area contributed by atoms with E-state index in [0.717, 1.165) is 5.56 Å². The van der Waals surface area contributed by atoms with Crippen molar-refractivity contribution >= 4 is 56.4 Å². The predicted octanol–water partition coefficient (Wildman–Crippen LogP) is 5.80. The number of nitrogens with zero attached hydrogens (tertiary/aromatic N) is 2. The lowest BCUT2D eigenvalue weighted by atomic mass is 9.99. The maximum absolute atomic E-state index is 13.7. The molecule has 0 unspecified atom stereocenters. The molecule has 0 saturated heterocycles.